The molecule has 1 heteroatoms. The first kappa shape index (κ1) is 17.8. The zero-order valence-corrected chi connectivity index (χ0v) is 16.4. The molecule has 1 N–H and O–H groups in total. The van der Waals surface area contributed by atoms with E-state index in [4.69, 9.17) is 0 Å². The summed E-state index contributed by atoms with van der Waals surface area (Å²) in [5.41, 5.74) is 3.17. The third-order valence-electron chi connectivity index (χ3n) is 6.02. The highest BCUT2D eigenvalue weighted by atomic mass is 16.3. The molecule has 0 heterocycles. The van der Waals surface area contributed by atoms with Crippen molar-refractivity contribution >= 4 is 32.3 Å². The molecule has 0 aliphatic heterocycles. The van der Waals surface area contributed by atoms with Crippen molar-refractivity contribution in [3.05, 3.63) is 102 Å². The van der Waals surface area contributed by atoms with Crippen molar-refractivity contribution in [2.24, 2.45) is 0 Å². The molecule has 0 amide bonds. The Kier molecular flexibility index (Phi) is 4.65. The number of fused-ring (bicyclic) bond motifs is 6. The first-order valence-corrected chi connectivity index (χ1v) is 10.4. The topological polar surface area (TPSA) is 20.2 Å². The smallest absolute Gasteiger partial charge is 0.123 e. The van der Waals surface area contributed by atoms with Crippen molar-refractivity contribution in [1.82, 2.24) is 0 Å². The van der Waals surface area contributed by atoms with Crippen molar-refractivity contribution < 1.29 is 5.11 Å². The van der Waals surface area contributed by atoms with Gasteiger partial charge in [0.05, 0.1) is 0 Å². The predicted octanol–water partition coefficient (Wildman–Crippen LogP) is 7.42. The van der Waals surface area contributed by atoms with E-state index in [0.717, 1.165) is 10.8 Å². The number of phenolic OH excluding ortho intramolecular Hbond substituents is 1. The molecule has 0 saturated carbocycles. The molecule has 1 nitrogen and oxygen atoms in total. The minimum atomic E-state index is 0.350. The maximum atomic E-state index is 9.37. The normalized spacial score (nSPS) is 13.1. The number of benzene rings is 5. The maximum Gasteiger partial charge on any atom is 0.123 e. The predicted molar refractivity (Wildman–Crippen MR) is 124 cm³/mol. The first-order valence-electron chi connectivity index (χ1n) is 10.4. The van der Waals surface area contributed by atoms with Crippen LogP contribution in [0.25, 0.3) is 32.3 Å². The lowest BCUT2D eigenvalue weighted by Crippen LogP contribution is -2.02. The van der Waals surface area contributed by atoms with E-state index in [1.807, 2.05) is 36.4 Å². The van der Waals surface area contributed by atoms with Crippen LogP contribution in [0.15, 0.2) is 91.0 Å². The van der Waals surface area contributed by atoms with Gasteiger partial charge in [0, 0.05) is 5.39 Å². The van der Waals surface area contributed by atoms with Gasteiger partial charge >= 0.3 is 0 Å². The summed E-state index contributed by atoms with van der Waals surface area (Å²) in [6, 6.07) is 31.3. The van der Waals surface area contributed by atoms with Gasteiger partial charge in [-0.3, -0.25) is 0 Å². The molecule has 1 aliphatic rings. The Balaban J connectivity index is 0.000000142. The van der Waals surface area contributed by atoms with E-state index in [-0.39, 0.29) is 0 Å². The minimum absolute atomic E-state index is 0.350. The molecule has 0 unspecified atom stereocenters. The van der Waals surface area contributed by atoms with E-state index in [1.54, 1.807) is 17.2 Å². The van der Waals surface area contributed by atoms with Crippen molar-refractivity contribution in [2.45, 2.75) is 25.7 Å². The highest BCUT2D eigenvalue weighted by Gasteiger charge is 2.13. The largest absolute Gasteiger partial charge is 0.507 e. The molecule has 0 atom stereocenters. The minimum Gasteiger partial charge on any atom is -0.507 e. The number of aromatic hydroxyl groups is 1. The summed E-state index contributed by atoms with van der Waals surface area (Å²) in [5.74, 6) is 0.350. The molecule has 6 rings (SSSR count). The zero-order chi connectivity index (χ0) is 19.6. The SMILES string of the molecule is Oc1cccc2ccccc12.c1ccc2c(c1)ccc1c3c(ccc12)CCCC3. The van der Waals surface area contributed by atoms with Gasteiger partial charge in [-0.2, -0.15) is 0 Å². The molecule has 29 heavy (non-hydrogen) atoms. The summed E-state index contributed by atoms with van der Waals surface area (Å²) in [6.45, 7) is 0. The van der Waals surface area contributed by atoms with E-state index in [0.29, 0.717) is 5.75 Å². The summed E-state index contributed by atoms with van der Waals surface area (Å²) < 4.78 is 0. The van der Waals surface area contributed by atoms with Gasteiger partial charge in [0.15, 0.2) is 0 Å². The Hall–Kier alpha value is -3.32. The van der Waals surface area contributed by atoms with E-state index < -0.39 is 0 Å². The molecule has 5 aromatic carbocycles. The molecule has 0 saturated heterocycles. The summed E-state index contributed by atoms with van der Waals surface area (Å²) in [4.78, 5) is 0. The third-order valence-corrected chi connectivity index (χ3v) is 6.02. The number of hydrogen-bond donors (Lipinski definition) is 1. The second-order valence-electron chi connectivity index (χ2n) is 7.79. The number of hydrogen-bond acceptors (Lipinski definition) is 1. The Morgan fingerprint density at radius 2 is 1.14 bits per heavy atom. The van der Waals surface area contributed by atoms with Crippen LogP contribution in [0.5, 0.6) is 5.75 Å². The molecular weight excluding hydrogens is 352 g/mol. The Morgan fingerprint density at radius 1 is 0.483 bits per heavy atom. The van der Waals surface area contributed by atoms with Crippen LogP contribution >= 0.6 is 0 Å². The molecule has 0 radical (unpaired) electrons. The second kappa shape index (κ2) is 7.60. The van der Waals surface area contributed by atoms with E-state index >= 15 is 0 Å². The monoisotopic (exact) mass is 376 g/mol. The fourth-order valence-electron chi connectivity index (χ4n) is 4.55. The molecule has 5 aromatic rings. The van der Waals surface area contributed by atoms with Gasteiger partial charge in [-0.05, 0) is 69.8 Å². The molecule has 0 bridgehead atoms. The number of aryl methyl sites for hydroxylation is 2. The quantitative estimate of drug-likeness (QED) is 0.279. The van der Waals surface area contributed by atoms with Crippen LogP contribution in [-0.2, 0) is 12.8 Å². The molecule has 0 fully saturated rings. The van der Waals surface area contributed by atoms with Crippen LogP contribution in [0.2, 0.25) is 0 Å². The fourth-order valence-corrected chi connectivity index (χ4v) is 4.55. The molecule has 0 spiro atoms. The molecule has 142 valence electrons. The van der Waals surface area contributed by atoms with Gasteiger partial charge in [0.25, 0.3) is 0 Å². The van der Waals surface area contributed by atoms with E-state index in [9.17, 15) is 5.11 Å². The highest BCUT2D eigenvalue weighted by Crippen LogP contribution is 2.33. The fraction of sp³-hybridized carbons (Fsp3) is 0.143. The third kappa shape index (κ3) is 3.34. The molecule has 0 aromatic heterocycles. The summed E-state index contributed by atoms with van der Waals surface area (Å²) in [5, 5.41) is 17.0. The van der Waals surface area contributed by atoms with Crippen LogP contribution in [0.3, 0.4) is 0 Å². The average Bonchev–Trinajstić information content (AvgIpc) is 2.79. The maximum absolute atomic E-state index is 9.37. The van der Waals surface area contributed by atoms with Gasteiger partial charge < -0.3 is 5.11 Å². The Labute approximate surface area is 171 Å². The lowest BCUT2D eigenvalue weighted by atomic mass is 9.86. The van der Waals surface area contributed by atoms with Crippen LogP contribution in [0.4, 0.5) is 0 Å². The summed E-state index contributed by atoms with van der Waals surface area (Å²) in [6.07, 6.45) is 5.22. The lowest BCUT2D eigenvalue weighted by molar-refractivity contribution is 0.481. The number of rotatable bonds is 0. The standard InChI is InChI=1S/C18H16.C10H8O/c1-3-7-15-13(5-1)9-11-18-16-8-4-2-6-14(16)10-12-17(15)18;11-10-7-3-5-8-4-1-2-6-9(8)10/h1,3,5,7,9-12H,2,4,6,8H2;1-7,11H. The Bertz CT molecular complexity index is 1310. The van der Waals surface area contributed by atoms with Crippen LogP contribution in [0, 0.1) is 0 Å². The first-order chi connectivity index (χ1) is 14.3. The lowest BCUT2D eigenvalue weighted by Gasteiger charge is -2.18. The van der Waals surface area contributed by atoms with Crippen molar-refractivity contribution in [3.8, 4) is 5.75 Å². The van der Waals surface area contributed by atoms with Crippen LogP contribution in [-0.4, -0.2) is 5.11 Å². The highest BCUT2D eigenvalue weighted by molar-refractivity contribution is 6.08. The van der Waals surface area contributed by atoms with Crippen molar-refractivity contribution in [3.63, 3.8) is 0 Å². The van der Waals surface area contributed by atoms with Crippen molar-refractivity contribution in [1.29, 1.82) is 0 Å². The van der Waals surface area contributed by atoms with Crippen molar-refractivity contribution in [2.75, 3.05) is 0 Å². The van der Waals surface area contributed by atoms with Gasteiger partial charge in [-0.15, -0.1) is 0 Å². The van der Waals surface area contributed by atoms with Crippen LogP contribution < -0.4 is 0 Å². The average molecular weight is 376 g/mol. The van der Waals surface area contributed by atoms with Crippen LogP contribution in [0.1, 0.15) is 24.0 Å². The number of phenols is 1. The van der Waals surface area contributed by atoms with Gasteiger partial charge in [-0.25, -0.2) is 0 Å². The summed E-state index contributed by atoms with van der Waals surface area (Å²) >= 11 is 0. The second-order valence-corrected chi connectivity index (χ2v) is 7.79. The zero-order valence-electron chi connectivity index (χ0n) is 16.4. The molecule has 1 aliphatic carbocycles. The van der Waals surface area contributed by atoms with E-state index in [1.165, 1.54) is 47.2 Å². The molecular formula is C28H24O. The summed E-state index contributed by atoms with van der Waals surface area (Å²) in [7, 11) is 0. The Morgan fingerprint density at radius 3 is 1.97 bits per heavy atom. The van der Waals surface area contributed by atoms with Gasteiger partial charge in [0.2, 0.25) is 0 Å². The van der Waals surface area contributed by atoms with Gasteiger partial charge in [0.1, 0.15) is 5.75 Å². The van der Waals surface area contributed by atoms with E-state index in [2.05, 4.69) is 48.5 Å². The van der Waals surface area contributed by atoms with Gasteiger partial charge in [-0.1, -0.05) is 84.9 Å².